The van der Waals surface area contributed by atoms with Gasteiger partial charge in [-0.05, 0) is 19.4 Å². The van der Waals surface area contributed by atoms with Crippen molar-refractivity contribution in [3.8, 4) is 6.01 Å². The maximum Gasteiger partial charge on any atom is 0.323 e. The average molecular weight is 263 g/mol. The molecular weight excluding hydrogens is 246 g/mol. The molecular formula is C11H17N7O. The van der Waals surface area contributed by atoms with E-state index >= 15 is 0 Å². The van der Waals surface area contributed by atoms with Crippen molar-refractivity contribution in [2.75, 3.05) is 24.2 Å². The number of hydrogen-bond acceptors (Lipinski definition) is 7. The first-order chi connectivity index (χ1) is 9.28. The van der Waals surface area contributed by atoms with Crippen LogP contribution in [0.15, 0.2) is 18.5 Å². The molecule has 0 aliphatic carbocycles. The third-order valence-corrected chi connectivity index (χ3v) is 2.31. The second kappa shape index (κ2) is 6.53. The SMILES string of the molecule is CCOc1nc(N)nc(NCCCn2cccn2)n1. The first kappa shape index (κ1) is 13.1. The molecule has 2 aromatic heterocycles. The Kier molecular flexibility index (Phi) is 4.49. The highest BCUT2D eigenvalue weighted by molar-refractivity contribution is 5.32. The van der Waals surface area contributed by atoms with Crippen molar-refractivity contribution >= 4 is 11.9 Å². The van der Waals surface area contributed by atoms with Crippen LogP contribution in [0.1, 0.15) is 13.3 Å². The molecule has 2 aromatic rings. The van der Waals surface area contributed by atoms with Gasteiger partial charge in [0.1, 0.15) is 0 Å². The van der Waals surface area contributed by atoms with Gasteiger partial charge in [0.15, 0.2) is 0 Å². The number of hydrogen-bond donors (Lipinski definition) is 2. The van der Waals surface area contributed by atoms with E-state index in [9.17, 15) is 0 Å². The number of aryl methyl sites for hydroxylation is 1. The number of aromatic nitrogens is 5. The molecule has 0 aliphatic rings. The molecule has 102 valence electrons. The molecule has 2 heterocycles. The van der Waals surface area contributed by atoms with Crippen LogP contribution in [0.4, 0.5) is 11.9 Å². The van der Waals surface area contributed by atoms with Crippen molar-refractivity contribution in [3.05, 3.63) is 18.5 Å². The van der Waals surface area contributed by atoms with Gasteiger partial charge >= 0.3 is 6.01 Å². The van der Waals surface area contributed by atoms with E-state index in [4.69, 9.17) is 10.5 Å². The molecule has 19 heavy (non-hydrogen) atoms. The van der Waals surface area contributed by atoms with E-state index in [0.29, 0.717) is 12.6 Å². The van der Waals surface area contributed by atoms with Gasteiger partial charge in [0, 0.05) is 25.5 Å². The molecule has 0 bridgehead atoms. The van der Waals surface area contributed by atoms with Crippen LogP contribution in [0.2, 0.25) is 0 Å². The predicted octanol–water partition coefficient (Wildman–Crippen LogP) is 0.551. The highest BCUT2D eigenvalue weighted by Crippen LogP contribution is 2.08. The molecule has 8 nitrogen and oxygen atoms in total. The van der Waals surface area contributed by atoms with Crippen molar-refractivity contribution in [2.24, 2.45) is 0 Å². The predicted molar refractivity (Wildman–Crippen MR) is 70.7 cm³/mol. The molecule has 8 heteroatoms. The van der Waals surface area contributed by atoms with Crippen LogP contribution in [0.3, 0.4) is 0 Å². The van der Waals surface area contributed by atoms with Gasteiger partial charge in [-0.3, -0.25) is 4.68 Å². The molecule has 0 saturated heterocycles. The Labute approximate surface area is 111 Å². The molecule has 2 rings (SSSR count). The minimum Gasteiger partial charge on any atom is -0.464 e. The quantitative estimate of drug-likeness (QED) is 0.703. The minimum absolute atomic E-state index is 0.146. The van der Waals surface area contributed by atoms with Crippen molar-refractivity contribution in [1.82, 2.24) is 24.7 Å². The molecule has 0 fully saturated rings. The molecule has 0 saturated carbocycles. The summed E-state index contributed by atoms with van der Waals surface area (Å²) in [6.45, 7) is 3.90. The summed E-state index contributed by atoms with van der Waals surface area (Å²) < 4.78 is 7.07. The third-order valence-electron chi connectivity index (χ3n) is 2.31. The molecule has 0 amide bonds. The largest absolute Gasteiger partial charge is 0.464 e. The van der Waals surface area contributed by atoms with Crippen LogP contribution < -0.4 is 15.8 Å². The van der Waals surface area contributed by atoms with Crippen molar-refractivity contribution in [2.45, 2.75) is 19.9 Å². The first-order valence-electron chi connectivity index (χ1n) is 6.13. The minimum atomic E-state index is 0.146. The second-order valence-corrected chi connectivity index (χ2v) is 3.78. The van der Waals surface area contributed by atoms with Crippen LogP contribution in [-0.2, 0) is 6.54 Å². The summed E-state index contributed by atoms with van der Waals surface area (Å²) >= 11 is 0. The summed E-state index contributed by atoms with van der Waals surface area (Å²) in [4.78, 5) is 12.0. The van der Waals surface area contributed by atoms with E-state index in [1.807, 2.05) is 23.9 Å². The lowest BCUT2D eigenvalue weighted by atomic mass is 10.4. The Hall–Kier alpha value is -2.38. The van der Waals surface area contributed by atoms with E-state index < -0.39 is 0 Å². The zero-order valence-corrected chi connectivity index (χ0v) is 10.8. The van der Waals surface area contributed by atoms with Gasteiger partial charge < -0.3 is 15.8 Å². The van der Waals surface area contributed by atoms with E-state index in [1.165, 1.54) is 0 Å². The van der Waals surface area contributed by atoms with Crippen LogP contribution in [0.25, 0.3) is 0 Å². The Morgan fingerprint density at radius 2 is 2.26 bits per heavy atom. The zero-order chi connectivity index (χ0) is 13.5. The van der Waals surface area contributed by atoms with Crippen molar-refractivity contribution in [3.63, 3.8) is 0 Å². The van der Waals surface area contributed by atoms with E-state index in [-0.39, 0.29) is 12.0 Å². The Morgan fingerprint density at radius 1 is 1.37 bits per heavy atom. The standard InChI is InChI=1S/C11H17N7O/c1-2-19-11-16-9(12)15-10(17-11)13-5-3-7-18-8-4-6-14-18/h4,6,8H,2-3,5,7H2,1H3,(H3,12,13,15,16,17). The Balaban J connectivity index is 1.81. The Bertz CT molecular complexity index is 500. The molecule has 0 atom stereocenters. The molecule has 0 unspecified atom stereocenters. The summed E-state index contributed by atoms with van der Waals surface area (Å²) in [5, 5.41) is 7.20. The summed E-state index contributed by atoms with van der Waals surface area (Å²) in [7, 11) is 0. The maximum absolute atomic E-state index is 5.57. The summed E-state index contributed by atoms with van der Waals surface area (Å²) in [5.41, 5.74) is 5.57. The molecule has 0 radical (unpaired) electrons. The number of nitrogens with one attached hydrogen (secondary N) is 1. The monoisotopic (exact) mass is 263 g/mol. The van der Waals surface area contributed by atoms with Gasteiger partial charge in [0.25, 0.3) is 0 Å². The summed E-state index contributed by atoms with van der Waals surface area (Å²) in [6.07, 6.45) is 4.58. The number of rotatable bonds is 7. The normalized spacial score (nSPS) is 10.4. The fourth-order valence-electron chi connectivity index (χ4n) is 1.52. The lowest BCUT2D eigenvalue weighted by Gasteiger charge is -2.07. The fraction of sp³-hybridized carbons (Fsp3) is 0.455. The van der Waals surface area contributed by atoms with Crippen LogP contribution in [-0.4, -0.2) is 37.9 Å². The smallest absolute Gasteiger partial charge is 0.323 e. The fourth-order valence-corrected chi connectivity index (χ4v) is 1.52. The average Bonchev–Trinajstić information content (AvgIpc) is 2.87. The van der Waals surface area contributed by atoms with Gasteiger partial charge in [-0.2, -0.15) is 20.1 Å². The van der Waals surface area contributed by atoms with E-state index in [0.717, 1.165) is 19.5 Å². The lowest BCUT2D eigenvalue weighted by Crippen LogP contribution is -2.12. The zero-order valence-electron chi connectivity index (χ0n) is 10.8. The molecule has 0 aliphatic heterocycles. The number of nitrogens with two attached hydrogens (primary N) is 1. The topological polar surface area (TPSA) is 104 Å². The van der Waals surface area contributed by atoms with Crippen LogP contribution >= 0.6 is 0 Å². The van der Waals surface area contributed by atoms with Gasteiger partial charge in [-0.1, -0.05) is 0 Å². The van der Waals surface area contributed by atoms with Crippen molar-refractivity contribution in [1.29, 1.82) is 0 Å². The number of anilines is 2. The maximum atomic E-state index is 5.57. The molecule has 0 spiro atoms. The second-order valence-electron chi connectivity index (χ2n) is 3.78. The highest BCUT2D eigenvalue weighted by Gasteiger charge is 2.04. The summed E-state index contributed by atoms with van der Waals surface area (Å²) in [5.74, 6) is 0.574. The molecule has 0 aromatic carbocycles. The van der Waals surface area contributed by atoms with E-state index in [1.54, 1.807) is 6.20 Å². The van der Waals surface area contributed by atoms with Crippen molar-refractivity contribution < 1.29 is 4.74 Å². The van der Waals surface area contributed by atoms with Crippen LogP contribution in [0.5, 0.6) is 6.01 Å². The van der Waals surface area contributed by atoms with E-state index in [2.05, 4.69) is 25.4 Å². The summed E-state index contributed by atoms with van der Waals surface area (Å²) in [6, 6.07) is 2.14. The lowest BCUT2D eigenvalue weighted by molar-refractivity contribution is 0.312. The highest BCUT2D eigenvalue weighted by atomic mass is 16.5. The van der Waals surface area contributed by atoms with Gasteiger partial charge in [-0.25, -0.2) is 0 Å². The van der Waals surface area contributed by atoms with Gasteiger partial charge in [0.2, 0.25) is 11.9 Å². The van der Waals surface area contributed by atoms with Gasteiger partial charge in [0.05, 0.1) is 6.61 Å². The number of nitrogens with zero attached hydrogens (tertiary/aromatic N) is 5. The first-order valence-corrected chi connectivity index (χ1v) is 6.13. The number of nitrogen functional groups attached to an aromatic ring is 1. The molecule has 3 N–H and O–H groups in total. The third kappa shape index (κ3) is 4.09. The van der Waals surface area contributed by atoms with Gasteiger partial charge in [-0.15, -0.1) is 0 Å². The number of ether oxygens (including phenoxy) is 1. The Morgan fingerprint density at radius 3 is 3.00 bits per heavy atom. The van der Waals surface area contributed by atoms with Crippen LogP contribution in [0, 0.1) is 0 Å².